The normalized spacial score (nSPS) is 25.9. The van der Waals surface area contributed by atoms with E-state index in [1.165, 1.54) is 18.4 Å². The standard InChI is InChI=1S/C13H20N2O/c1-15(10-11-5-4-8-14-9-11)12-6-2-3-7-13(12)16/h4-5,8-9,12-13,16H,2-3,6-7,10H2,1H3/t12-,13-/m1/s1. The Morgan fingerprint density at radius 2 is 2.25 bits per heavy atom. The van der Waals surface area contributed by atoms with Crippen LogP contribution in [0.2, 0.25) is 0 Å². The smallest absolute Gasteiger partial charge is 0.0695 e. The van der Waals surface area contributed by atoms with Gasteiger partial charge >= 0.3 is 0 Å². The molecule has 0 aromatic carbocycles. The summed E-state index contributed by atoms with van der Waals surface area (Å²) in [4.78, 5) is 6.36. The van der Waals surface area contributed by atoms with Crippen LogP contribution in [-0.2, 0) is 6.54 Å². The first kappa shape index (κ1) is 11.6. The zero-order valence-electron chi connectivity index (χ0n) is 9.84. The molecule has 1 aromatic rings. The third kappa shape index (κ3) is 2.80. The molecule has 1 aliphatic carbocycles. The van der Waals surface area contributed by atoms with Crippen LogP contribution < -0.4 is 0 Å². The molecule has 3 nitrogen and oxygen atoms in total. The van der Waals surface area contributed by atoms with Crippen molar-refractivity contribution in [3.05, 3.63) is 30.1 Å². The van der Waals surface area contributed by atoms with Crippen molar-refractivity contribution in [3.8, 4) is 0 Å². The maximum atomic E-state index is 9.96. The van der Waals surface area contributed by atoms with Gasteiger partial charge in [-0.2, -0.15) is 0 Å². The fourth-order valence-corrected chi connectivity index (χ4v) is 2.50. The molecular formula is C13H20N2O. The zero-order chi connectivity index (χ0) is 11.4. The lowest BCUT2D eigenvalue weighted by atomic mass is 9.91. The minimum atomic E-state index is -0.157. The third-order valence-electron chi connectivity index (χ3n) is 3.41. The van der Waals surface area contributed by atoms with Gasteiger partial charge in [0.2, 0.25) is 0 Å². The highest BCUT2D eigenvalue weighted by molar-refractivity contribution is 5.08. The number of hydrogen-bond acceptors (Lipinski definition) is 3. The number of aliphatic hydroxyl groups is 1. The highest BCUT2D eigenvalue weighted by atomic mass is 16.3. The molecular weight excluding hydrogens is 200 g/mol. The average Bonchev–Trinajstić information content (AvgIpc) is 2.31. The van der Waals surface area contributed by atoms with E-state index in [0.717, 1.165) is 19.4 Å². The Bertz CT molecular complexity index is 315. The van der Waals surface area contributed by atoms with Crippen LogP contribution in [0.25, 0.3) is 0 Å². The molecule has 0 bridgehead atoms. The quantitative estimate of drug-likeness (QED) is 0.844. The van der Waals surface area contributed by atoms with E-state index in [-0.39, 0.29) is 6.10 Å². The van der Waals surface area contributed by atoms with Gasteiger partial charge in [-0.15, -0.1) is 0 Å². The predicted molar refractivity (Wildman–Crippen MR) is 64.0 cm³/mol. The van der Waals surface area contributed by atoms with Gasteiger partial charge in [0.05, 0.1) is 6.10 Å². The molecule has 2 rings (SSSR count). The van der Waals surface area contributed by atoms with Crippen molar-refractivity contribution in [1.29, 1.82) is 0 Å². The second-order valence-corrected chi connectivity index (χ2v) is 4.70. The summed E-state index contributed by atoms with van der Waals surface area (Å²) in [5, 5.41) is 9.96. The minimum absolute atomic E-state index is 0.157. The molecule has 0 unspecified atom stereocenters. The van der Waals surface area contributed by atoms with E-state index in [2.05, 4.69) is 23.0 Å². The lowest BCUT2D eigenvalue weighted by Gasteiger charge is -2.35. The summed E-state index contributed by atoms with van der Waals surface area (Å²) in [5.41, 5.74) is 1.21. The van der Waals surface area contributed by atoms with Crippen LogP contribution in [0.15, 0.2) is 24.5 Å². The van der Waals surface area contributed by atoms with Gasteiger partial charge < -0.3 is 5.11 Å². The van der Waals surface area contributed by atoms with E-state index in [1.807, 2.05) is 12.3 Å². The number of rotatable bonds is 3. The molecule has 1 aliphatic rings. The molecule has 1 N–H and O–H groups in total. The van der Waals surface area contributed by atoms with Crippen molar-refractivity contribution in [3.63, 3.8) is 0 Å². The van der Waals surface area contributed by atoms with Gasteiger partial charge in [0.25, 0.3) is 0 Å². The first-order valence-electron chi connectivity index (χ1n) is 6.04. The Labute approximate surface area is 97.1 Å². The summed E-state index contributed by atoms with van der Waals surface area (Å²) in [6.45, 7) is 0.871. The largest absolute Gasteiger partial charge is 0.391 e. The summed E-state index contributed by atoms with van der Waals surface area (Å²) in [6, 6.07) is 4.35. The van der Waals surface area contributed by atoms with Gasteiger partial charge in [-0.05, 0) is 31.5 Å². The van der Waals surface area contributed by atoms with Crippen LogP contribution in [0.4, 0.5) is 0 Å². The Hall–Kier alpha value is -0.930. The number of likely N-dealkylation sites (N-methyl/N-ethyl adjacent to an activating group) is 1. The van der Waals surface area contributed by atoms with Crippen molar-refractivity contribution in [2.45, 2.75) is 44.4 Å². The molecule has 16 heavy (non-hydrogen) atoms. The lowest BCUT2D eigenvalue weighted by Crippen LogP contribution is -2.42. The molecule has 0 radical (unpaired) electrons. The summed E-state index contributed by atoms with van der Waals surface area (Å²) < 4.78 is 0. The second kappa shape index (κ2) is 5.41. The van der Waals surface area contributed by atoms with Crippen molar-refractivity contribution < 1.29 is 5.11 Å². The second-order valence-electron chi connectivity index (χ2n) is 4.70. The number of hydrogen-bond donors (Lipinski definition) is 1. The van der Waals surface area contributed by atoms with Crippen molar-refractivity contribution in [2.75, 3.05) is 7.05 Å². The van der Waals surface area contributed by atoms with Gasteiger partial charge in [0, 0.05) is 25.0 Å². The fraction of sp³-hybridized carbons (Fsp3) is 0.615. The van der Waals surface area contributed by atoms with E-state index in [4.69, 9.17) is 0 Å². The molecule has 88 valence electrons. The molecule has 3 heteroatoms. The predicted octanol–water partition coefficient (Wildman–Crippen LogP) is 1.82. The molecule has 0 saturated heterocycles. The van der Waals surface area contributed by atoms with Gasteiger partial charge in [-0.25, -0.2) is 0 Å². The molecule has 0 amide bonds. The van der Waals surface area contributed by atoms with Crippen LogP contribution in [-0.4, -0.2) is 34.2 Å². The van der Waals surface area contributed by atoms with E-state index in [9.17, 15) is 5.11 Å². The van der Waals surface area contributed by atoms with Gasteiger partial charge in [0.15, 0.2) is 0 Å². The summed E-state index contributed by atoms with van der Waals surface area (Å²) in [5.74, 6) is 0. The minimum Gasteiger partial charge on any atom is -0.391 e. The molecule has 1 saturated carbocycles. The van der Waals surface area contributed by atoms with E-state index in [1.54, 1.807) is 6.20 Å². The molecule has 1 fully saturated rings. The zero-order valence-corrected chi connectivity index (χ0v) is 9.84. The number of nitrogens with zero attached hydrogens (tertiary/aromatic N) is 2. The van der Waals surface area contributed by atoms with Crippen molar-refractivity contribution >= 4 is 0 Å². The van der Waals surface area contributed by atoms with Crippen LogP contribution in [0.3, 0.4) is 0 Å². The van der Waals surface area contributed by atoms with Crippen LogP contribution in [0.1, 0.15) is 31.2 Å². The Morgan fingerprint density at radius 1 is 1.44 bits per heavy atom. The third-order valence-corrected chi connectivity index (χ3v) is 3.41. The van der Waals surface area contributed by atoms with Crippen molar-refractivity contribution in [2.24, 2.45) is 0 Å². The lowest BCUT2D eigenvalue weighted by molar-refractivity contribution is 0.0288. The summed E-state index contributed by atoms with van der Waals surface area (Å²) in [6.07, 6.45) is 7.98. The molecule has 0 spiro atoms. The molecule has 2 atom stereocenters. The molecule has 1 aromatic heterocycles. The van der Waals surface area contributed by atoms with Gasteiger partial charge in [-0.3, -0.25) is 9.88 Å². The highest BCUT2D eigenvalue weighted by Gasteiger charge is 2.26. The topological polar surface area (TPSA) is 36.4 Å². The fourth-order valence-electron chi connectivity index (χ4n) is 2.50. The van der Waals surface area contributed by atoms with E-state index < -0.39 is 0 Å². The van der Waals surface area contributed by atoms with Gasteiger partial charge in [-0.1, -0.05) is 18.9 Å². The summed E-state index contributed by atoms with van der Waals surface area (Å²) in [7, 11) is 2.09. The maximum Gasteiger partial charge on any atom is 0.0695 e. The number of aliphatic hydroxyl groups excluding tert-OH is 1. The number of pyridine rings is 1. The van der Waals surface area contributed by atoms with Crippen molar-refractivity contribution in [1.82, 2.24) is 9.88 Å². The molecule has 0 aliphatic heterocycles. The Balaban J connectivity index is 1.94. The average molecular weight is 220 g/mol. The monoisotopic (exact) mass is 220 g/mol. The van der Waals surface area contributed by atoms with Crippen LogP contribution in [0, 0.1) is 0 Å². The maximum absolute atomic E-state index is 9.96. The summed E-state index contributed by atoms with van der Waals surface area (Å²) >= 11 is 0. The highest BCUT2D eigenvalue weighted by Crippen LogP contribution is 2.23. The SMILES string of the molecule is CN(Cc1cccnc1)[C@@H]1CCCC[C@H]1O. The first-order chi connectivity index (χ1) is 7.77. The first-order valence-corrected chi connectivity index (χ1v) is 6.04. The van der Waals surface area contributed by atoms with Crippen LogP contribution >= 0.6 is 0 Å². The van der Waals surface area contributed by atoms with Gasteiger partial charge in [0.1, 0.15) is 0 Å². The Morgan fingerprint density at radius 3 is 2.94 bits per heavy atom. The van der Waals surface area contributed by atoms with Crippen LogP contribution in [0.5, 0.6) is 0 Å². The van der Waals surface area contributed by atoms with E-state index >= 15 is 0 Å². The van der Waals surface area contributed by atoms with E-state index in [0.29, 0.717) is 6.04 Å². The Kier molecular flexibility index (Phi) is 3.91. The molecule has 1 heterocycles. The number of aromatic nitrogens is 1.